The molecule has 0 aliphatic rings. The fourth-order valence-corrected chi connectivity index (χ4v) is 2.30. The summed E-state index contributed by atoms with van der Waals surface area (Å²) in [6, 6.07) is 15.6. The van der Waals surface area contributed by atoms with E-state index in [1.54, 1.807) is 6.07 Å². The van der Waals surface area contributed by atoms with Gasteiger partial charge in [0.15, 0.2) is 5.38 Å². The van der Waals surface area contributed by atoms with Crippen LogP contribution in [0.2, 0.25) is 0 Å². The van der Waals surface area contributed by atoms with Crippen LogP contribution in [-0.4, -0.2) is 11.1 Å². The number of rotatable bonds is 4. The Morgan fingerprint density at radius 3 is 2.53 bits per heavy atom. The van der Waals surface area contributed by atoms with Crippen molar-refractivity contribution < 1.29 is 9.90 Å². The zero-order valence-electron chi connectivity index (χ0n) is 10.6. The molecule has 19 heavy (non-hydrogen) atoms. The van der Waals surface area contributed by atoms with E-state index >= 15 is 0 Å². The molecular formula is C16H15ClO2. The Bertz CT molecular complexity index is 579. The monoisotopic (exact) mass is 274 g/mol. The number of aliphatic carboxylic acids is 1. The van der Waals surface area contributed by atoms with E-state index in [0.29, 0.717) is 12.0 Å². The predicted octanol–water partition coefficient (Wildman–Crippen LogP) is 3.95. The van der Waals surface area contributed by atoms with E-state index < -0.39 is 11.3 Å². The molecule has 2 aromatic rings. The summed E-state index contributed by atoms with van der Waals surface area (Å²) < 4.78 is 0. The highest BCUT2D eigenvalue weighted by Gasteiger charge is 2.19. The molecule has 0 bridgehead atoms. The first kappa shape index (κ1) is 13.6. The van der Waals surface area contributed by atoms with Gasteiger partial charge in [-0.1, -0.05) is 54.1 Å². The Morgan fingerprint density at radius 2 is 1.89 bits per heavy atom. The summed E-state index contributed by atoms with van der Waals surface area (Å²) in [7, 11) is 0. The first-order chi connectivity index (χ1) is 9.08. The molecule has 0 aliphatic heterocycles. The van der Waals surface area contributed by atoms with Gasteiger partial charge in [0.25, 0.3) is 0 Å². The number of halogens is 1. The molecule has 3 heteroatoms. The molecule has 0 fully saturated rings. The second kappa shape index (κ2) is 5.89. The van der Waals surface area contributed by atoms with Gasteiger partial charge in [-0.3, -0.25) is 4.79 Å². The van der Waals surface area contributed by atoms with Crippen molar-refractivity contribution in [2.45, 2.75) is 18.7 Å². The summed E-state index contributed by atoms with van der Waals surface area (Å²) in [6.45, 7) is 1.99. The highest BCUT2D eigenvalue weighted by Crippen LogP contribution is 2.27. The van der Waals surface area contributed by atoms with Gasteiger partial charge in [-0.15, -0.1) is 11.6 Å². The van der Waals surface area contributed by atoms with Gasteiger partial charge in [0.2, 0.25) is 0 Å². The maximum atomic E-state index is 11.1. The summed E-state index contributed by atoms with van der Waals surface area (Å²) >= 11 is 5.97. The van der Waals surface area contributed by atoms with Gasteiger partial charge >= 0.3 is 5.97 Å². The van der Waals surface area contributed by atoms with Crippen LogP contribution in [0.3, 0.4) is 0 Å². The summed E-state index contributed by atoms with van der Waals surface area (Å²) in [6.07, 6.45) is 0.689. The largest absolute Gasteiger partial charge is 0.480 e. The third-order valence-electron chi connectivity index (χ3n) is 3.03. The van der Waals surface area contributed by atoms with E-state index in [-0.39, 0.29) is 0 Å². The lowest BCUT2D eigenvalue weighted by Crippen LogP contribution is -2.08. The van der Waals surface area contributed by atoms with E-state index in [2.05, 4.69) is 0 Å². The molecule has 0 amide bonds. The van der Waals surface area contributed by atoms with Crippen molar-refractivity contribution in [2.75, 3.05) is 0 Å². The van der Waals surface area contributed by atoms with Gasteiger partial charge in [0, 0.05) is 0 Å². The van der Waals surface area contributed by atoms with Crippen LogP contribution in [0.4, 0.5) is 0 Å². The SMILES string of the molecule is Cc1ccc(C(Cl)C(=O)O)c(Cc2ccccc2)c1. The van der Waals surface area contributed by atoms with Crippen LogP contribution in [0.15, 0.2) is 48.5 Å². The molecule has 1 atom stereocenters. The molecule has 1 N–H and O–H groups in total. The van der Waals surface area contributed by atoms with Crippen molar-refractivity contribution >= 4 is 17.6 Å². The standard InChI is InChI=1S/C16H15ClO2/c1-11-7-8-14(15(17)16(18)19)13(9-11)10-12-5-3-2-4-6-12/h2-9,15H,10H2,1H3,(H,18,19). The number of alkyl halides is 1. The lowest BCUT2D eigenvalue weighted by atomic mass is 9.96. The van der Waals surface area contributed by atoms with Crippen molar-refractivity contribution in [3.8, 4) is 0 Å². The van der Waals surface area contributed by atoms with Crippen LogP contribution in [0.1, 0.15) is 27.6 Å². The van der Waals surface area contributed by atoms with Crippen LogP contribution in [0.25, 0.3) is 0 Å². The predicted molar refractivity (Wildman–Crippen MR) is 76.7 cm³/mol. The second-order valence-corrected chi connectivity index (χ2v) is 5.00. The Kier molecular flexibility index (Phi) is 4.23. The molecular weight excluding hydrogens is 260 g/mol. The van der Waals surface area contributed by atoms with Crippen LogP contribution < -0.4 is 0 Å². The normalized spacial score (nSPS) is 12.1. The molecule has 0 radical (unpaired) electrons. The summed E-state index contributed by atoms with van der Waals surface area (Å²) in [5, 5.41) is 8.06. The van der Waals surface area contributed by atoms with Gasteiger partial charge in [-0.05, 0) is 30.0 Å². The van der Waals surface area contributed by atoms with E-state index in [9.17, 15) is 4.79 Å². The zero-order chi connectivity index (χ0) is 13.8. The van der Waals surface area contributed by atoms with E-state index in [0.717, 1.165) is 16.7 Å². The molecule has 0 saturated carbocycles. The lowest BCUT2D eigenvalue weighted by molar-refractivity contribution is -0.136. The number of carbonyl (C=O) groups is 1. The van der Waals surface area contributed by atoms with Crippen molar-refractivity contribution in [1.82, 2.24) is 0 Å². The van der Waals surface area contributed by atoms with Gasteiger partial charge in [0.05, 0.1) is 0 Å². The number of carboxylic acid groups (broad SMARTS) is 1. The fourth-order valence-electron chi connectivity index (χ4n) is 2.08. The minimum atomic E-state index is -1.01. The Hall–Kier alpha value is -1.80. The third kappa shape index (κ3) is 3.36. The third-order valence-corrected chi connectivity index (χ3v) is 3.45. The topological polar surface area (TPSA) is 37.3 Å². The Balaban J connectivity index is 2.38. The number of benzene rings is 2. The van der Waals surface area contributed by atoms with Crippen molar-refractivity contribution in [3.63, 3.8) is 0 Å². The zero-order valence-corrected chi connectivity index (χ0v) is 11.4. The first-order valence-electron chi connectivity index (χ1n) is 6.08. The van der Waals surface area contributed by atoms with Crippen LogP contribution >= 0.6 is 11.6 Å². The number of aryl methyl sites for hydroxylation is 1. The fraction of sp³-hybridized carbons (Fsp3) is 0.188. The van der Waals surface area contributed by atoms with Crippen molar-refractivity contribution in [3.05, 3.63) is 70.8 Å². The van der Waals surface area contributed by atoms with E-state index in [1.807, 2.05) is 49.4 Å². The summed E-state index contributed by atoms with van der Waals surface area (Å²) in [5.41, 5.74) is 3.88. The number of hydrogen-bond donors (Lipinski definition) is 1. The van der Waals surface area contributed by atoms with E-state index in [4.69, 9.17) is 16.7 Å². The molecule has 2 aromatic carbocycles. The highest BCUT2D eigenvalue weighted by atomic mass is 35.5. The lowest BCUT2D eigenvalue weighted by Gasteiger charge is -2.13. The molecule has 0 heterocycles. The minimum Gasteiger partial charge on any atom is -0.480 e. The molecule has 98 valence electrons. The molecule has 0 saturated heterocycles. The number of hydrogen-bond acceptors (Lipinski definition) is 1. The minimum absolute atomic E-state index is 0.670. The molecule has 0 spiro atoms. The van der Waals surface area contributed by atoms with Gasteiger partial charge < -0.3 is 5.11 Å². The smallest absolute Gasteiger partial charge is 0.326 e. The second-order valence-electron chi connectivity index (χ2n) is 4.57. The van der Waals surface area contributed by atoms with Crippen LogP contribution in [-0.2, 0) is 11.2 Å². The van der Waals surface area contributed by atoms with Crippen LogP contribution in [0, 0.1) is 6.92 Å². The van der Waals surface area contributed by atoms with E-state index in [1.165, 1.54) is 0 Å². The number of carboxylic acids is 1. The molecule has 0 aromatic heterocycles. The highest BCUT2D eigenvalue weighted by molar-refractivity contribution is 6.29. The molecule has 1 unspecified atom stereocenters. The van der Waals surface area contributed by atoms with Crippen molar-refractivity contribution in [1.29, 1.82) is 0 Å². The average Bonchev–Trinajstić information content (AvgIpc) is 2.39. The molecule has 0 aliphatic carbocycles. The molecule has 2 nitrogen and oxygen atoms in total. The molecule has 2 rings (SSSR count). The first-order valence-corrected chi connectivity index (χ1v) is 6.52. The maximum absolute atomic E-state index is 11.1. The Labute approximate surface area is 117 Å². The van der Waals surface area contributed by atoms with Gasteiger partial charge in [-0.25, -0.2) is 0 Å². The average molecular weight is 275 g/mol. The maximum Gasteiger partial charge on any atom is 0.326 e. The summed E-state index contributed by atoms with van der Waals surface area (Å²) in [5.74, 6) is -1.01. The van der Waals surface area contributed by atoms with Gasteiger partial charge in [-0.2, -0.15) is 0 Å². The van der Waals surface area contributed by atoms with Crippen molar-refractivity contribution in [2.24, 2.45) is 0 Å². The Morgan fingerprint density at radius 1 is 1.21 bits per heavy atom. The summed E-state index contributed by atoms with van der Waals surface area (Å²) in [4.78, 5) is 11.1. The quantitative estimate of drug-likeness (QED) is 0.857. The van der Waals surface area contributed by atoms with Gasteiger partial charge in [0.1, 0.15) is 0 Å². The van der Waals surface area contributed by atoms with Crippen LogP contribution in [0.5, 0.6) is 0 Å².